The summed E-state index contributed by atoms with van der Waals surface area (Å²) in [6.45, 7) is 4.41. The number of hydrogen-bond donors (Lipinski definition) is 1. The van der Waals surface area contributed by atoms with Crippen LogP contribution in [0.1, 0.15) is 32.3 Å². The quantitative estimate of drug-likeness (QED) is 0.684. The monoisotopic (exact) mass is 199 g/mol. The Bertz CT molecular complexity index is 421. The Labute approximate surface area is 91.3 Å². The molecule has 0 bridgehead atoms. The van der Waals surface area contributed by atoms with Crippen LogP contribution in [0, 0.1) is 0 Å². The lowest BCUT2D eigenvalue weighted by molar-refractivity contribution is 0.953. The standard InChI is InChI=1S/C14H17N/c1-10-4-3-5-11(2)14(10)12-6-8-13(15)9-7-12/h4,6-9H,3,5,15H2,1-2H3. The summed E-state index contributed by atoms with van der Waals surface area (Å²) in [4.78, 5) is 0. The van der Waals surface area contributed by atoms with Crippen LogP contribution >= 0.6 is 0 Å². The first-order valence-electron chi connectivity index (χ1n) is 5.41. The van der Waals surface area contributed by atoms with Gasteiger partial charge in [0.2, 0.25) is 0 Å². The van der Waals surface area contributed by atoms with E-state index in [0.29, 0.717) is 0 Å². The molecule has 0 aromatic heterocycles. The number of rotatable bonds is 1. The normalized spacial score (nSPS) is 16.5. The first kappa shape index (κ1) is 10.0. The molecule has 1 nitrogen and oxygen atoms in total. The molecule has 2 rings (SSSR count). The molecule has 0 unspecified atom stereocenters. The predicted molar refractivity (Wildman–Crippen MR) is 66.4 cm³/mol. The zero-order valence-corrected chi connectivity index (χ0v) is 9.38. The third kappa shape index (κ3) is 1.96. The molecule has 0 amide bonds. The van der Waals surface area contributed by atoms with E-state index in [1.54, 1.807) is 0 Å². The van der Waals surface area contributed by atoms with Crippen molar-refractivity contribution in [2.75, 3.05) is 5.73 Å². The van der Waals surface area contributed by atoms with Crippen LogP contribution in [0.25, 0.3) is 5.57 Å². The van der Waals surface area contributed by atoms with Crippen LogP contribution in [-0.2, 0) is 0 Å². The van der Waals surface area contributed by atoms with Crippen molar-refractivity contribution in [3.8, 4) is 0 Å². The van der Waals surface area contributed by atoms with Gasteiger partial charge < -0.3 is 5.73 Å². The van der Waals surface area contributed by atoms with Crippen molar-refractivity contribution < 1.29 is 0 Å². The van der Waals surface area contributed by atoms with Gasteiger partial charge in [-0.1, -0.05) is 23.8 Å². The maximum absolute atomic E-state index is 5.69. The number of hydrogen-bond acceptors (Lipinski definition) is 1. The molecular formula is C14H17N. The Hall–Kier alpha value is -1.50. The summed E-state index contributed by atoms with van der Waals surface area (Å²) in [6, 6.07) is 8.16. The maximum atomic E-state index is 5.69. The van der Waals surface area contributed by atoms with Gasteiger partial charge in [-0.15, -0.1) is 0 Å². The van der Waals surface area contributed by atoms with Crippen LogP contribution in [0.5, 0.6) is 0 Å². The Morgan fingerprint density at radius 2 is 1.73 bits per heavy atom. The van der Waals surface area contributed by atoms with Crippen molar-refractivity contribution in [1.29, 1.82) is 0 Å². The van der Waals surface area contributed by atoms with Crippen molar-refractivity contribution in [3.05, 3.63) is 47.1 Å². The number of nitrogens with two attached hydrogens (primary N) is 1. The van der Waals surface area contributed by atoms with Crippen LogP contribution in [0.4, 0.5) is 5.69 Å². The fraction of sp³-hybridized carbons (Fsp3) is 0.286. The molecule has 0 heterocycles. The number of allylic oxidation sites excluding steroid dienone is 4. The van der Waals surface area contributed by atoms with Crippen LogP contribution in [0.3, 0.4) is 0 Å². The van der Waals surface area contributed by atoms with Gasteiger partial charge in [0.25, 0.3) is 0 Å². The van der Waals surface area contributed by atoms with Crippen molar-refractivity contribution in [2.45, 2.75) is 26.7 Å². The van der Waals surface area contributed by atoms with E-state index in [4.69, 9.17) is 5.73 Å². The molecule has 1 aromatic rings. The van der Waals surface area contributed by atoms with Crippen LogP contribution in [0.2, 0.25) is 0 Å². The molecule has 0 radical (unpaired) electrons. The average molecular weight is 199 g/mol. The summed E-state index contributed by atoms with van der Waals surface area (Å²) in [5, 5.41) is 0. The van der Waals surface area contributed by atoms with E-state index >= 15 is 0 Å². The molecule has 0 fully saturated rings. The minimum absolute atomic E-state index is 0.828. The Balaban J connectivity index is 2.46. The van der Waals surface area contributed by atoms with E-state index in [0.717, 1.165) is 5.69 Å². The zero-order valence-electron chi connectivity index (χ0n) is 9.38. The van der Waals surface area contributed by atoms with Crippen molar-refractivity contribution in [3.63, 3.8) is 0 Å². The van der Waals surface area contributed by atoms with Crippen molar-refractivity contribution in [2.24, 2.45) is 0 Å². The van der Waals surface area contributed by atoms with Gasteiger partial charge in [0.15, 0.2) is 0 Å². The van der Waals surface area contributed by atoms with Gasteiger partial charge in [0, 0.05) is 5.69 Å². The first-order chi connectivity index (χ1) is 7.18. The Morgan fingerprint density at radius 3 is 2.33 bits per heavy atom. The van der Waals surface area contributed by atoms with Gasteiger partial charge in [0.05, 0.1) is 0 Å². The molecule has 0 saturated heterocycles. The van der Waals surface area contributed by atoms with Crippen LogP contribution in [-0.4, -0.2) is 0 Å². The van der Waals surface area contributed by atoms with Gasteiger partial charge in [-0.2, -0.15) is 0 Å². The van der Waals surface area contributed by atoms with Crippen LogP contribution < -0.4 is 5.73 Å². The Morgan fingerprint density at radius 1 is 1.07 bits per heavy atom. The van der Waals surface area contributed by atoms with Crippen LogP contribution in [0.15, 0.2) is 41.5 Å². The topological polar surface area (TPSA) is 26.0 Å². The first-order valence-corrected chi connectivity index (χ1v) is 5.41. The zero-order chi connectivity index (χ0) is 10.8. The summed E-state index contributed by atoms with van der Waals surface area (Å²) in [5.41, 5.74) is 12.1. The molecule has 0 atom stereocenters. The van der Waals surface area contributed by atoms with Gasteiger partial charge in [-0.05, 0) is 55.5 Å². The van der Waals surface area contributed by atoms with E-state index in [9.17, 15) is 0 Å². The predicted octanol–water partition coefficient (Wildman–Crippen LogP) is 3.78. The van der Waals surface area contributed by atoms with Gasteiger partial charge >= 0.3 is 0 Å². The Kier molecular flexibility index (Phi) is 2.63. The second kappa shape index (κ2) is 3.93. The highest BCUT2D eigenvalue weighted by atomic mass is 14.5. The third-order valence-electron chi connectivity index (χ3n) is 2.99. The molecule has 2 N–H and O–H groups in total. The second-order valence-electron chi connectivity index (χ2n) is 4.20. The summed E-state index contributed by atoms with van der Waals surface area (Å²) in [7, 11) is 0. The molecular weight excluding hydrogens is 182 g/mol. The highest BCUT2D eigenvalue weighted by molar-refractivity contribution is 5.82. The highest BCUT2D eigenvalue weighted by Crippen LogP contribution is 2.32. The van der Waals surface area contributed by atoms with E-state index in [1.165, 1.54) is 35.1 Å². The molecule has 78 valence electrons. The molecule has 0 saturated carbocycles. The number of anilines is 1. The van der Waals surface area contributed by atoms with E-state index < -0.39 is 0 Å². The lowest BCUT2D eigenvalue weighted by Gasteiger charge is -2.18. The molecule has 0 spiro atoms. The second-order valence-corrected chi connectivity index (χ2v) is 4.20. The summed E-state index contributed by atoms with van der Waals surface area (Å²) in [6.07, 6.45) is 4.67. The molecule has 15 heavy (non-hydrogen) atoms. The van der Waals surface area contributed by atoms with E-state index in [-0.39, 0.29) is 0 Å². The number of nitrogen functional groups attached to an aromatic ring is 1. The largest absolute Gasteiger partial charge is 0.399 e. The molecule has 1 aliphatic rings. The maximum Gasteiger partial charge on any atom is 0.0314 e. The lowest BCUT2D eigenvalue weighted by atomic mass is 9.88. The fourth-order valence-electron chi connectivity index (χ4n) is 2.19. The summed E-state index contributed by atoms with van der Waals surface area (Å²) >= 11 is 0. The van der Waals surface area contributed by atoms with Gasteiger partial charge in [-0.25, -0.2) is 0 Å². The molecule has 1 aliphatic carbocycles. The fourth-order valence-corrected chi connectivity index (χ4v) is 2.19. The minimum Gasteiger partial charge on any atom is -0.399 e. The summed E-state index contributed by atoms with van der Waals surface area (Å²) < 4.78 is 0. The van der Waals surface area contributed by atoms with Crippen molar-refractivity contribution >= 4 is 11.3 Å². The molecule has 0 aliphatic heterocycles. The SMILES string of the molecule is CC1=CCCC(C)=C1c1ccc(N)cc1. The van der Waals surface area contributed by atoms with Crippen molar-refractivity contribution in [1.82, 2.24) is 0 Å². The third-order valence-corrected chi connectivity index (χ3v) is 2.99. The van der Waals surface area contributed by atoms with E-state index in [1.807, 2.05) is 12.1 Å². The number of benzene rings is 1. The highest BCUT2D eigenvalue weighted by Gasteiger charge is 2.11. The van der Waals surface area contributed by atoms with Gasteiger partial charge in [-0.3, -0.25) is 0 Å². The summed E-state index contributed by atoms with van der Waals surface area (Å²) in [5.74, 6) is 0. The smallest absolute Gasteiger partial charge is 0.0314 e. The molecule has 1 aromatic carbocycles. The average Bonchev–Trinajstić information content (AvgIpc) is 2.20. The lowest BCUT2D eigenvalue weighted by Crippen LogP contribution is -1.97. The van der Waals surface area contributed by atoms with Gasteiger partial charge in [0.1, 0.15) is 0 Å². The molecule has 1 heteroatoms. The minimum atomic E-state index is 0.828. The van der Waals surface area contributed by atoms with E-state index in [2.05, 4.69) is 32.1 Å².